The summed E-state index contributed by atoms with van der Waals surface area (Å²) in [7, 11) is 0. The van der Waals surface area contributed by atoms with Gasteiger partial charge in [0, 0.05) is 24.1 Å². The smallest absolute Gasteiger partial charge is 0.163 e. The zero-order chi connectivity index (χ0) is 14.2. The Hall–Kier alpha value is -1.35. The van der Waals surface area contributed by atoms with Crippen LogP contribution in [0.25, 0.3) is 0 Å². The summed E-state index contributed by atoms with van der Waals surface area (Å²) in [6, 6.07) is 9.07. The predicted molar refractivity (Wildman–Crippen MR) is 81.7 cm³/mol. The fourth-order valence-corrected chi connectivity index (χ4v) is 3.84. The van der Waals surface area contributed by atoms with Crippen molar-refractivity contribution in [3.63, 3.8) is 0 Å². The second-order valence-electron chi connectivity index (χ2n) is 6.95. The number of ether oxygens (including phenoxy) is 1. The largest absolute Gasteiger partial charge is 0.490 e. The molecule has 3 nitrogen and oxygen atoms in total. The zero-order valence-corrected chi connectivity index (χ0v) is 12.4. The Kier molecular flexibility index (Phi) is 3.46. The molecule has 3 heteroatoms. The molecule has 0 spiro atoms. The fraction of sp³-hybridized carbons (Fsp3) is 0.611. The minimum absolute atomic E-state index is 0.280. The Morgan fingerprint density at radius 2 is 1.90 bits per heavy atom. The number of Topliss-reactive ketones (excluding diaryl/α,β-unsaturated/α-hetero) is 1. The van der Waals surface area contributed by atoms with Crippen LogP contribution in [0, 0.1) is 5.92 Å². The molecule has 2 saturated heterocycles. The minimum Gasteiger partial charge on any atom is -0.490 e. The van der Waals surface area contributed by atoms with Gasteiger partial charge in [-0.15, -0.1) is 0 Å². The van der Waals surface area contributed by atoms with Crippen LogP contribution in [0.15, 0.2) is 24.3 Å². The molecule has 0 amide bonds. The molecule has 21 heavy (non-hydrogen) atoms. The summed E-state index contributed by atoms with van der Waals surface area (Å²) in [6.07, 6.45) is 8.30. The molecular formula is C18H23NO2. The van der Waals surface area contributed by atoms with Crippen LogP contribution in [0.2, 0.25) is 0 Å². The van der Waals surface area contributed by atoms with Crippen molar-refractivity contribution >= 4 is 5.78 Å². The first-order chi connectivity index (χ1) is 10.3. The Balaban J connectivity index is 1.39. The fourth-order valence-electron chi connectivity index (χ4n) is 3.84. The molecule has 1 saturated carbocycles. The summed E-state index contributed by atoms with van der Waals surface area (Å²) >= 11 is 0. The van der Waals surface area contributed by atoms with Gasteiger partial charge in [0.05, 0.1) is 6.10 Å². The highest BCUT2D eigenvalue weighted by Gasteiger charge is 2.34. The van der Waals surface area contributed by atoms with Crippen molar-refractivity contribution in [3.05, 3.63) is 29.8 Å². The minimum atomic E-state index is 0.280. The van der Waals surface area contributed by atoms with Gasteiger partial charge in [0.1, 0.15) is 5.75 Å². The normalized spacial score (nSPS) is 31.1. The van der Waals surface area contributed by atoms with Crippen molar-refractivity contribution in [2.24, 2.45) is 5.92 Å². The average molecular weight is 285 g/mol. The molecule has 2 heterocycles. The molecule has 3 aliphatic rings. The summed E-state index contributed by atoms with van der Waals surface area (Å²) in [6.45, 7) is 0. The number of carbonyl (C=O) groups excluding carboxylic acids is 1. The van der Waals surface area contributed by atoms with Gasteiger partial charge >= 0.3 is 0 Å². The first-order valence-electron chi connectivity index (χ1n) is 8.32. The van der Waals surface area contributed by atoms with E-state index < -0.39 is 0 Å². The Bertz CT molecular complexity index is 526. The number of ketones is 1. The highest BCUT2D eigenvalue weighted by atomic mass is 16.5. The molecule has 2 unspecified atom stereocenters. The van der Waals surface area contributed by atoms with Crippen molar-refractivity contribution in [1.29, 1.82) is 0 Å². The first-order valence-corrected chi connectivity index (χ1v) is 8.32. The van der Waals surface area contributed by atoms with Gasteiger partial charge in [-0.3, -0.25) is 4.79 Å². The van der Waals surface area contributed by atoms with Crippen LogP contribution in [-0.4, -0.2) is 24.0 Å². The molecular weight excluding hydrogens is 262 g/mol. The molecule has 1 aromatic carbocycles. The molecule has 2 bridgehead atoms. The van der Waals surface area contributed by atoms with Crippen LogP contribution >= 0.6 is 0 Å². The Morgan fingerprint density at radius 3 is 2.62 bits per heavy atom. The van der Waals surface area contributed by atoms with Gasteiger partial charge in [-0.2, -0.15) is 0 Å². The molecule has 1 aliphatic carbocycles. The molecule has 3 fully saturated rings. The van der Waals surface area contributed by atoms with E-state index in [1.54, 1.807) is 0 Å². The number of fused-ring (bicyclic) bond motifs is 2. The number of benzene rings is 1. The molecule has 1 aromatic rings. The van der Waals surface area contributed by atoms with Crippen LogP contribution in [0.5, 0.6) is 5.75 Å². The van der Waals surface area contributed by atoms with E-state index in [2.05, 4.69) is 5.32 Å². The van der Waals surface area contributed by atoms with Gasteiger partial charge in [0.15, 0.2) is 5.78 Å². The van der Waals surface area contributed by atoms with E-state index in [0.29, 0.717) is 30.5 Å². The van der Waals surface area contributed by atoms with Crippen molar-refractivity contribution in [3.8, 4) is 5.75 Å². The Labute approximate surface area is 126 Å². The molecule has 2 atom stereocenters. The van der Waals surface area contributed by atoms with Crippen LogP contribution in [0.1, 0.15) is 55.3 Å². The number of hydrogen-bond acceptors (Lipinski definition) is 3. The number of carbonyl (C=O) groups is 1. The van der Waals surface area contributed by atoms with Crippen molar-refractivity contribution in [2.75, 3.05) is 0 Å². The van der Waals surface area contributed by atoms with Gasteiger partial charge in [0.2, 0.25) is 0 Å². The van der Waals surface area contributed by atoms with Gasteiger partial charge in [0.25, 0.3) is 0 Å². The second kappa shape index (κ2) is 5.45. The molecule has 0 radical (unpaired) electrons. The lowest BCUT2D eigenvalue weighted by atomic mass is 9.87. The predicted octanol–water partition coefficient (Wildman–Crippen LogP) is 3.33. The number of nitrogens with one attached hydrogen (secondary N) is 1. The highest BCUT2D eigenvalue weighted by Crippen LogP contribution is 2.34. The molecule has 4 rings (SSSR count). The lowest BCUT2D eigenvalue weighted by Gasteiger charge is -2.28. The van der Waals surface area contributed by atoms with Gasteiger partial charge in [-0.05, 0) is 56.6 Å². The summed E-state index contributed by atoms with van der Waals surface area (Å²) < 4.78 is 5.79. The summed E-state index contributed by atoms with van der Waals surface area (Å²) in [4.78, 5) is 12.5. The molecule has 112 valence electrons. The van der Waals surface area contributed by atoms with Crippen molar-refractivity contribution in [2.45, 2.75) is 63.1 Å². The van der Waals surface area contributed by atoms with E-state index in [0.717, 1.165) is 24.2 Å². The maximum absolute atomic E-state index is 12.5. The van der Waals surface area contributed by atoms with E-state index in [9.17, 15) is 4.79 Å². The van der Waals surface area contributed by atoms with E-state index in [-0.39, 0.29) is 5.78 Å². The standard InChI is InChI=1S/C18H23NO2/c20-18(10-12-8-14-4-5-15(9-12)19-14)13-2-1-3-17(11-13)21-16-6-7-16/h1-3,11-12,14-16,19H,4-10H2. The summed E-state index contributed by atoms with van der Waals surface area (Å²) in [5.41, 5.74) is 0.819. The van der Waals surface area contributed by atoms with E-state index in [1.165, 1.54) is 25.7 Å². The summed E-state index contributed by atoms with van der Waals surface area (Å²) in [5, 5.41) is 3.64. The maximum atomic E-state index is 12.5. The Morgan fingerprint density at radius 1 is 1.14 bits per heavy atom. The van der Waals surface area contributed by atoms with Gasteiger partial charge < -0.3 is 10.1 Å². The third-order valence-corrected chi connectivity index (χ3v) is 5.03. The second-order valence-corrected chi connectivity index (χ2v) is 6.95. The van der Waals surface area contributed by atoms with E-state index in [4.69, 9.17) is 4.74 Å². The quantitative estimate of drug-likeness (QED) is 0.843. The first kappa shape index (κ1) is 13.3. The van der Waals surface area contributed by atoms with Crippen molar-refractivity contribution in [1.82, 2.24) is 5.32 Å². The lowest BCUT2D eigenvalue weighted by Crippen LogP contribution is -2.38. The van der Waals surface area contributed by atoms with Gasteiger partial charge in [-0.1, -0.05) is 12.1 Å². The maximum Gasteiger partial charge on any atom is 0.163 e. The van der Waals surface area contributed by atoms with Crippen LogP contribution < -0.4 is 10.1 Å². The third-order valence-electron chi connectivity index (χ3n) is 5.03. The molecule has 2 aliphatic heterocycles. The van der Waals surface area contributed by atoms with Crippen LogP contribution in [-0.2, 0) is 0 Å². The van der Waals surface area contributed by atoms with E-state index >= 15 is 0 Å². The highest BCUT2D eigenvalue weighted by molar-refractivity contribution is 5.96. The number of hydrogen-bond donors (Lipinski definition) is 1. The summed E-state index contributed by atoms with van der Waals surface area (Å²) in [5.74, 6) is 1.69. The monoisotopic (exact) mass is 285 g/mol. The average Bonchev–Trinajstić information content (AvgIpc) is 3.23. The zero-order valence-electron chi connectivity index (χ0n) is 12.4. The van der Waals surface area contributed by atoms with Gasteiger partial charge in [-0.25, -0.2) is 0 Å². The third kappa shape index (κ3) is 3.13. The van der Waals surface area contributed by atoms with Crippen molar-refractivity contribution < 1.29 is 9.53 Å². The van der Waals surface area contributed by atoms with E-state index in [1.807, 2.05) is 24.3 Å². The van der Waals surface area contributed by atoms with Crippen LogP contribution in [0.3, 0.4) is 0 Å². The SMILES string of the molecule is O=C(CC1CC2CCC(C1)N2)c1cccc(OC2CC2)c1. The molecule has 0 aromatic heterocycles. The lowest BCUT2D eigenvalue weighted by molar-refractivity contribution is 0.0945. The number of piperidine rings is 1. The van der Waals surface area contributed by atoms with Crippen LogP contribution in [0.4, 0.5) is 0 Å². The topological polar surface area (TPSA) is 38.3 Å². The molecule has 1 N–H and O–H groups in total. The number of rotatable bonds is 5.